The van der Waals surface area contributed by atoms with Crippen molar-refractivity contribution in [3.05, 3.63) is 60.7 Å². The first-order valence-corrected chi connectivity index (χ1v) is 11.3. The normalized spacial score (nSPS) is 11.8. The highest BCUT2D eigenvalue weighted by Gasteiger charge is 2.32. The quantitative estimate of drug-likeness (QED) is 0.519. The minimum absolute atomic E-state index is 0.809. The predicted octanol–water partition coefficient (Wildman–Crippen LogP) is 2.78. The Labute approximate surface area is 142 Å². The minimum Gasteiger partial charge on any atom is -0.383 e. The van der Waals surface area contributed by atoms with E-state index in [0.29, 0.717) is 0 Å². The van der Waals surface area contributed by atoms with Gasteiger partial charge in [-0.05, 0) is 13.1 Å². The molecule has 0 atom stereocenters. The third-order valence-corrected chi connectivity index (χ3v) is 8.66. The van der Waals surface area contributed by atoms with Crippen molar-refractivity contribution < 1.29 is 4.74 Å². The van der Waals surface area contributed by atoms with Crippen molar-refractivity contribution in [1.29, 1.82) is 0 Å². The van der Waals surface area contributed by atoms with Gasteiger partial charge in [-0.15, -0.1) is 0 Å². The maximum atomic E-state index is 6.16. The summed E-state index contributed by atoms with van der Waals surface area (Å²) in [5.41, 5.74) is 0. The maximum Gasteiger partial charge on any atom is 0.142 e. The lowest BCUT2D eigenvalue weighted by atomic mass is 10.4. The molecule has 2 aromatic carbocycles. The smallest absolute Gasteiger partial charge is 0.142 e. The molecule has 3 heteroatoms. The standard InChI is InChI=1S/C20H29NOSi/c1-4-21(5-2)16-17-22-18-23(3,19-12-8-6-9-13-19)20-14-10-7-11-15-20/h6-15H,4-5,16-18H2,1-3H3. The van der Waals surface area contributed by atoms with Gasteiger partial charge in [0.25, 0.3) is 0 Å². The van der Waals surface area contributed by atoms with E-state index in [1.807, 2.05) is 0 Å². The van der Waals surface area contributed by atoms with Gasteiger partial charge in [0.15, 0.2) is 0 Å². The molecule has 0 aliphatic rings. The second-order valence-corrected chi connectivity index (χ2v) is 10.3. The van der Waals surface area contributed by atoms with Crippen LogP contribution in [0.25, 0.3) is 0 Å². The highest BCUT2D eigenvalue weighted by atomic mass is 28.3. The van der Waals surface area contributed by atoms with Crippen LogP contribution < -0.4 is 10.4 Å². The van der Waals surface area contributed by atoms with Crippen LogP contribution in [0, 0.1) is 0 Å². The molecular formula is C20H29NOSi. The van der Waals surface area contributed by atoms with E-state index in [1.54, 1.807) is 0 Å². The highest BCUT2D eigenvalue weighted by Crippen LogP contribution is 2.06. The van der Waals surface area contributed by atoms with Crippen molar-refractivity contribution in [2.24, 2.45) is 0 Å². The van der Waals surface area contributed by atoms with Gasteiger partial charge in [0.05, 0.1) is 6.61 Å². The molecule has 0 N–H and O–H groups in total. The molecule has 2 aromatic rings. The van der Waals surface area contributed by atoms with Gasteiger partial charge in [-0.1, -0.05) is 91.4 Å². The minimum atomic E-state index is -1.83. The third-order valence-electron chi connectivity index (χ3n) is 4.66. The van der Waals surface area contributed by atoms with E-state index in [2.05, 4.69) is 86.0 Å². The van der Waals surface area contributed by atoms with Crippen molar-refractivity contribution in [2.75, 3.05) is 32.5 Å². The summed E-state index contributed by atoms with van der Waals surface area (Å²) in [5, 5.41) is 2.88. The molecule has 2 nitrogen and oxygen atoms in total. The van der Waals surface area contributed by atoms with Crippen molar-refractivity contribution in [2.45, 2.75) is 20.4 Å². The van der Waals surface area contributed by atoms with Crippen LogP contribution in [0.5, 0.6) is 0 Å². The third kappa shape index (κ3) is 4.77. The van der Waals surface area contributed by atoms with Gasteiger partial charge in [-0.25, -0.2) is 0 Å². The molecule has 0 radical (unpaired) electrons. The van der Waals surface area contributed by atoms with E-state index >= 15 is 0 Å². The molecule has 0 heterocycles. The molecule has 0 bridgehead atoms. The number of rotatable bonds is 9. The fourth-order valence-corrected chi connectivity index (χ4v) is 6.03. The summed E-state index contributed by atoms with van der Waals surface area (Å²) in [6.07, 6.45) is 0.836. The van der Waals surface area contributed by atoms with Gasteiger partial charge >= 0.3 is 0 Å². The van der Waals surface area contributed by atoms with Gasteiger partial charge < -0.3 is 9.64 Å². The van der Waals surface area contributed by atoms with Crippen molar-refractivity contribution >= 4 is 18.4 Å². The summed E-state index contributed by atoms with van der Waals surface area (Å²) in [5.74, 6) is 0. The van der Waals surface area contributed by atoms with Crippen LogP contribution in [0.3, 0.4) is 0 Å². The average molecular weight is 328 g/mol. The maximum absolute atomic E-state index is 6.16. The van der Waals surface area contributed by atoms with Crippen LogP contribution in [0.1, 0.15) is 13.8 Å². The molecule has 0 aliphatic heterocycles. The Morgan fingerprint density at radius 1 is 0.826 bits per heavy atom. The van der Waals surface area contributed by atoms with Crippen molar-refractivity contribution in [1.82, 2.24) is 4.90 Å². The van der Waals surface area contributed by atoms with Gasteiger partial charge in [0.2, 0.25) is 0 Å². The number of ether oxygens (including phenoxy) is 1. The lowest BCUT2D eigenvalue weighted by Gasteiger charge is -2.29. The molecule has 0 saturated carbocycles. The Bertz CT molecular complexity index is 515. The first kappa shape index (κ1) is 17.9. The van der Waals surface area contributed by atoms with Crippen LogP contribution in [0.15, 0.2) is 60.7 Å². The van der Waals surface area contributed by atoms with E-state index < -0.39 is 8.07 Å². The number of likely N-dealkylation sites (N-methyl/N-ethyl adjacent to an activating group) is 1. The van der Waals surface area contributed by atoms with E-state index in [1.165, 1.54) is 10.4 Å². The van der Waals surface area contributed by atoms with Crippen molar-refractivity contribution in [3.63, 3.8) is 0 Å². The topological polar surface area (TPSA) is 12.5 Å². The van der Waals surface area contributed by atoms with Gasteiger partial charge in [0.1, 0.15) is 8.07 Å². The van der Waals surface area contributed by atoms with Crippen LogP contribution in [-0.4, -0.2) is 45.4 Å². The SMILES string of the molecule is CCN(CC)CCOC[Si](C)(c1ccccc1)c1ccccc1. The fraction of sp³-hybridized carbons (Fsp3) is 0.400. The Morgan fingerprint density at radius 3 is 1.74 bits per heavy atom. The second kappa shape index (κ2) is 9.01. The molecular weight excluding hydrogens is 298 g/mol. The largest absolute Gasteiger partial charge is 0.383 e. The Balaban J connectivity index is 2.10. The molecule has 0 unspecified atom stereocenters. The first-order chi connectivity index (χ1) is 11.2. The number of nitrogens with zero attached hydrogens (tertiary/aromatic N) is 1. The molecule has 0 fully saturated rings. The van der Waals surface area contributed by atoms with E-state index in [-0.39, 0.29) is 0 Å². The molecule has 2 rings (SSSR count). The summed E-state index contributed by atoms with van der Waals surface area (Å²) in [7, 11) is -1.83. The summed E-state index contributed by atoms with van der Waals surface area (Å²) in [6.45, 7) is 10.8. The van der Waals surface area contributed by atoms with Crippen molar-refractivity contribution in [3.8, 4) is 0 Å². The first-order valence-electron chi connectivity index (χ1n) is 8.62. The van der Waals surface area contributed by atoms with Gasteiger partial charge in [0, 0.05) is 12.8 Å². The summed E-state index contributed by atoms with van der Waals surface area (Å²) >= 11 is 0. The lowest BCUT2D eigenvalue weighted by Crippen LogP contribution is -2.59. The fourth-order valence-electron chi connectivity index (χ4n) is 2.96. The lowest BCUT2D eigenvalue weighted by molar-refractivity contribution is 0.137. The summed E-state index contributed by atoms with van der Waals surface area (Å²) in [4.78, 5) is 2.41. The Morgan fingerprint density at radius 2 is 1.30 bits per heavy atom. The molecule has 23 heavy (non-hydrogen) atoms. The van der Waals surface area contributed by atoms with Crippen LogP contribution >= 0.6 is 0 Å². The summed E-state index contributed by atoms with van der Waals surface area (Å²) in [6, 6.07) is 21.8. The Hall–Kier alpha value is -1.42. The van der Waals surface area contributed by atoms with Crippen LogP contribution in [0.4, 0.5) is 0 Å². The Kier molecular flexibility index (Phi) is 7.03. The predicted molar refractivity (Wildman–Crippen MR) is 102 cm³/mol. The van der Waals surface area contributed by atoms with Gasteiger partial charge in [-0.2, -0.15) is 0 Å². The number of benzene rings is 2. The number of hydrogen-bond acceptors (Lipinski definition) is 2. The zero-order valence-electron chi connectivity index (χ0n) is 14.7. The van der Waals surface area contributed by atoms with Crippen LogP contribution in [-0.2, 0) is 4.74 Å². The number of hydrogen-bond donors (Lipinski definition) is 0. The van der Waals surface area contributed by atoms with E-state index in [9.17, 15) is 0 Å². The highest BCUT2D eigenvalue weighted by molar-refractivity contribution is 7.01. The zero-order chi connectivity index (χ0) is 16.5. The molecule has 0 amide bonds. The average Bonchev–Trinajstić information content (AvgIpc) is 2.63. The van der Waals surface area contributed by atoms with E-state index in [4.69, 9.17) is 4.74 Å². The molecule has 0 aromatic heterocycles. The summed E-state index contributed by atoms with van der Waals surface area (Å²) < 4.78 is 6.16. The molecule has 0 aliphatic carbocycles. The monoisotopic (exact) mass is 327 g/mol. The van der Waals surface area contributed by atoms with Gasteiger partial charge in [-0.3, -0.25) is 0 Å². The molecule has 124 valence electrons. The second-order valence-electron chi connectivity index (χ2n) is 6.14. The van der Waals surface area contributed by atoms with E-state index in [0.717, 1.165) is 32.5 Å². The molecule has 0 spiro atoms. The van der Waals surface area contributed by atoms with Crippen LogP contribution in [0.2, 0.25) is 6.55 Å². The zero-order valence-corrected chi connectivity index (χ0v) is 15.7. The molecule has 0 saturated heterocycles.